The van der Waals surface area contributed by atoms with E-state index in [1.54, 1.807) is 38.1 Å². The Hall–Kier alpha value is -2.49. The zero-order valence-electron chi connectivity index (χ0n) is 17.9. The number of rotatable bonds is 6. The fraction of sp³-hybridized carbons (Fsp3) is 0.478. The molecule has 4 atom stereocenters. The molecule has 2 rings (SSSR count). The van der Waals surface area contributed by atoms with Gasteiger partial charge in [-0.15, -0.1) is 0 Å². The lowest BCUT2D eigenvalue weighted by atomic mass is 10.0. The number of hydroxylamine groups is 1. The van der Waals surface area contributed by atoms with Crippen LogP contribution in [0, 0.1) is 35.5 Å². The van der Waals surface area contributed by atoms with Gasteiger partial charge in [0.05, 0.1) is 6.26 Å². The van der Waals surface area contributed by atoms with Gasteiger partial charge in [0.2, 0.25) is 0 Å². The van der Waals surface area contributed by atoms with Crippen LogP contribution in [0.25, 0.3) is 0 Å². The number of carbonyl (C=O) groups excluding carboxylic acids is 2. The second-order valence-electron chi connectivity index (χ2n) is 8.10. The predicted molar refractivity (Wildman–Crippen MR) is 118 cm³/mol. The van der Waals surface area contributed by atoms with E-state index in [1.165, 1.54) is 11.7 Å². The summed E-state index contributed by atoms with van der Waals surface area (Å²) in [6.07, 6.45) is 4.32. The third-order valence-electron chi connectivity index (χ3n) is 5.58. The summed E-state index contributed by atoms with van der Waals surface area (Å²) >= 11 is -1.44. The van der Waals surface area contributed by atoms with Crippen molar-refractivity contribution in [2.24, 2.45) is 11.8 Å². The third-order valence-corrected chi connectivity index (χ3v) is 7.29. The average Bonchev–Trinajstić information content (AvgIpc) is 3.22. The molecule has 1 aliphatic carbocycles. The fourth-order valence-electron chi connectivity index (χ4n) is 3.32. The van der Waals surface area contributed by atoms with Gasteiger partial charge in [0.1, 0.15) is 4.75 Å². The maximum absolute atomic E-state index is 12.6. The number of nitrogens with one attached hydrogen (secondary N) is 2. The van der Waals surface area contributed by atoms with Crippen LogP contribution in [0.4, 0.5) is 0 Å². The molecule has 1 fully saturated rings. The summed E-state index contributed by atoms with van der Waals surface area (Å²) in [6.45, 7) is 3.35. The molecule has 166 valence electrons. The van der Waals surface area contributed by atoms with Crippen molar-refractivity contribution >= 4 is 23.0 Å². The van der Waals surface area contributed by atoms with Crippen molar-refractivity contribution in [1.82, 2.24) is 10.8 Å². The molecule has 0 heterocycles. The Bertz CT molecular complexity index is 906. The van der Waals surface area contributed by atoms with E-state index >= 15 is 0 Å². The molecule has 1 aromatic carbocycles. The van der Waals surface area contributed by atoms with Gasteiger partial charge in [0, 0.05) is 23.7 Å². The lowest BCUT2D eigenvalue weighted by molar-refractivity contribution is -0.131. The monoisotopic (exact) mass is 444 g/mol. The van der Waals surface area contributed by atoms with E-state index in [9.17, 15) is 14.1 Å². The number of hydrogen-bond donors (Lipinski definition) is 4. The first-order valence-corrected chi connectivity index (χ1v) is 11.6. The molecule has 1 aliphatic rings. The molecule has 8 heteroatoms. The van der Waals surface area contributed by atoms with Crippen LogP contribution in [-0.2, 0) is 16.0 Å². The van der Waals surface area contributed by atoms with Gasteiger partial charge in [-0.2, -0.15) is 0 Å². The minimum absolute atomic E-state index is 0.211. The molecule has 0 saturated heterocycles. The Morgan fingerprint density at radius 1 is 1.26 bits per heavy atom. The minimum atomic E-state index is -1.44. The molecule has 1 aromatic rings. The smallest absolute Gasteiger partial charge is 0.271 e. The first kappa shape index (κ1) is 24.8. The highest BCUT2D eigenvalue weighted by atomic mass is 32.2. The Morgan fingerprint density at radius 3 is 2.48 bits per heavy atom. The minimum Gasteiger partial charge on any atom is -0.616 e. The van der Waals surface area contributed by atoms with Crippen molar-refractivity contribution < 1.29 is 24.5 Å². The van der Waals surface area contributed by atoms with Crippen LogP contribution in [0.15, 0.2) is 24.3 Å². The molecule has 3 unspecified atom stereocenters. The first-order valence-electron chi connectivity index (χ1n) is 9.99. The zero-order chi connectivity index (χ0) is 23.0. The summed E-state index contributed by atoms with van der Waals surface area (Å²) in [5, 5.41) is 20.7. The standard InChI is InChI=1S/C23H28N2O5S/c1-23(2,31(3)30)20(22(28)25-29)24-21(27)19-12-10-16(11-13-19)6-4-5-7-17-8-9-18(14-17)15-26/h10-13,17-18,20,26,29H,8-9,14-15H2,1-3H3,(H,24,27)(H,25,28)/t17?,18?,20-,31?/m1/s1. The number of carbonyl (C=O) groups is 2. The molecule has 0 aromatic heterocycles. The predicted octanol–water partition coefficient (Wildman–Crippen LogP) is 1.21. The van der Waals surface area contributed by atoms with Crippen molar-refractivity contribution in [3.8, 4) is 23.7 Å². The normalized spacial score (nSPS) is 19.8. The molecule has 0 bridgehead atoms. The van der Waals surface area contributed by atoms with Gasteiger partial charge in [0.25, 0.3) is 11.8 Å². The van der Waals surface area contributed by atoms with Crippen molar-refractivity contribution in [2.45, 2.75) is 43.9 Å². The highest BCUT2D eigenvalue weighted by Gasteiger charge is 2.44. The quantitative estimate of drug-likeness (QED) is 0.227. The van der Waals surface area contributed by atoms with Crippen molar-refractivity contribution in [3.63, 3.8) is 0 Å². The highest BCUT2D eigenvalue weighted by molar-refractivity contribution is 7.92. The molecular weight excluding hydrogens is 416 g/mol. The number of amides is 2. The van der Waals surface area contributed by atoms with Crippen LogP contribution in [0.5, 0.6) is 0 Å². The average molecular weight is 445 g/mol. The second kappa shape index (κ2) is 11.2. The van der Waals surface area contributed by atoms with Gasteiger partial charge >= 0.3 is 0 Å². The summed E-state index contributed by atoms with van der Waals surface area (Å²) in [6, 6.07) is 5.29. The number of aliphatic hydroxyl groups is 1. The Morgan fingerprint density at radius 2 is 1.94 bits per heavy atom. The molecule has 0 radical (unpaired) electrons. The van der Waals surface area contributed by atoms with Gasteiger partial charge in [-0.05, 0) is 86.3 Å². The van der Waals surface area contributed by atoms with Crippen molar-refractivity contribution in [3.05, 3.63) is 35.4 Å². The van der Waals surface area contributed by atoms with Crippen LogP contribution in [-0.4, -0.2) is 50.3 Å². The van der Waals surface area contributed by atoms with Gasteiger partial charge in [-0.1, -0.05) is 11.8 Å². The van der Waals surface area contributed by atoms with E-state index in [-0.39, 0.29) is 12.5 Å². The van der Waals surface area contributed by atoms with E-state index in [0.717, 1.165) is 19.3 Å². The Kier molecular flexibility index (Phi) is 8.97. The summed E-state index contributed by atoms with van der Waals surface area (Å²) in [7, 11) is 0. The first-order chi connectivity index (χ1) is 14.7. The highest BCUT2D eigenvalue weighted by Crippen LogP contribution is 2.29. The maximum atomic E-state index is 12.6. The molecule has 7 nitrogen and oxygen atoms in total. The molecule has 0 spiro atoms. The van der Waals surface area contributed by atoms with E-state index in [4.69, 9.17) is 10.3 Å². The summed E-state index contributed by atoms with van der Waals surface area (Å²) in [5.41, 5.74) is 2.50. The van der Waals surface area contributed by atoms with Crippen LogP contribution in [0.3, 0.4) is 0 Å². The van der Waals surface area contributed by atoms with Gasteiger partial charge in [-0.25, -0.2) is 5.48 Å². The summed E-state index contributed by atoms with van der Waals surface area (Å²) < 4.78 is 10.9. The van der Waals surface area contributed by atoms with E-state index in [1.807, 2.05) is 0 Å². The van der Waals surface area contributed by atoms with Gasteiger partial charge < -0.3 is 15.0 Å². The lowest BCUT2D eigenvalue weighted by Gasteiger charge is -2.33. The second-order valence-corrected chi connectivity index (χ2v) is 10.1. The number of hydrogen-bond acceptors (Lipinski definition) is 5. The van der Waals surface area contributed by atoms with Gasteiger partial charge in [-0.3, -0.25) is 14.8 Å². The zero-order valence-corrected chi connectivity index (χ0v) is 18.7. The lowest BCUT2D eigenvalue weighted by Crippen LogP contribution is -2.60. The van der Waals surface area contributed by atoms with Crippen LogP contribution in [0.1, 0.15) is 49.0 Å². The molecule has 2 amide bonds. The number of benzene rings is 1. The van der Waals surface area contributed by atoms with Crippen molar-refractivity contribution in [2.75, 3.05) is 12.9 Å². The van der Waals surface area contributed by atoms with E-state index < -0.39 is 33.8 Å². The maximum Gasteiger partial charge on any atom is 0.271 e. The SMILES string of the molecule is C[S+]([O-])C(C)(C)[C@H](NC(=O)c1ccc(C#CC#CC2CCC(CO)C2)cc1)C(=O)NO. The molecule has 1 saturated carbocycles. The summed E-state index contributed by atoms with van der Waals surface area (Å²) in [4.78, 5) is 24.6. The van der Waals surface area contributed by atoms with Crippen LogP contribution in [0.2, 0.25) is 0 Å². The van der Waals surface area contributed by atoms with Crippen molar-refractivity contribution in [1.29, 1.82) is 0 Å². The molecule has 4 N–H and O–H groups in total. The van der Waals surface area contributed by atoms with E-state index in [0.29, 0.717) is 17.0 Å². The molecule has 0 aliphatic heterocycles. The third kappa shape index (κ3) is 6.75. The molecule has 31 heavy (non-hydrogen) atoms. The Labute approximate surface area is 186 Å². The fourth-order valence-corrected chi connectivity index (χ4v) is 3.82. The topological polar surface area (TPSA) is 122 Å². The Balaban J connectivity index is 2.03. The van der Waals surface area contributed by atoms with Gasteiger partial charge in [0.15, 0.2) is 6.04 Å². The summed E-state index contributed by atoms with van der Waals surface area (Å²) in [5.74, 6) is 11.0. The largest absolute Gasteiger partial charge is 0.616 e. The van der Waals surface area contributed by atoms with Crippen LogP contribution >= 0.6 is 0 Å². The van der Waals surface area contributed by atoms with Crippen LogP contribution < -0.4 is 10.8 Å². The number of aliphatic hydroxyl groups excluding tert-OH is 1. The van der Waals surface area contributed by atoms with E-state index in [2.05, 4.69) is 29.0 Å². The molecular formula is C23H28N2O5S.